The number of rotatable bonds is 8. The van der Waals surface area contributed by atoms with E-state index < -0.39 is 0 Å². The van der Waals surface area contributed by atoms with Crippen LogP contribution in [0.5, 0.6) is 0 Å². The van der Waals surface area contributed by atoms with Crippen molar-refractivity contribution in [3.63, 3.8) is 0 Å². The molecule has 1 saturated heterocycles. The van der Waals surface area contributed by atoms with Gasteiger partial charge in [0.25, 0.3) is 0 Å². The number of hydrogen-bond donors (Lipinski definition) is 1. The van der Waals surface area contributed by atoms with Gasteiger partial charge in [-0.2, -0.15) is 0 Å². The van der Waals surface area contributed by atoms with E-state index >= 15 is 0 Å². The van der Waals surface area contributed by atoms with E-state index in [1.54, 1.807) is 0 Å². The van der Waals surface area contributed by atoms with E-state index in [0.717, 1.165) is 38.4 Å². The standard InChI is InChI=1S/C16H33N5/c1-5-7-8-10-19(4)16(17-3)18-9-11-21-14-12-20(6-2)13-15-21/h5H,1,6-15H2,2-4H3,(H,17,18). The van der Waals surface area contributed by atoms with Gasteiger partial charge in [0, 0.05) is 59.9 Å². The number of hydrogen-bond acceptors (Lipinski definition) is 3. The van der Waals surface area contributed by atoms with Crippen LogP contribution in [0, 0.1) is 0 Å². The molecule has 21 heavy (non-hydrogen) atoms. The summed E-state index contributed by atoms with van der Waals surface area (Å²) in [6, 6.07) is 0. The molecule has 0 aliphatic carbocycles. The third-order valence-electron chi connectivity index (χ3n) is 4.10. The van der Waals surface area contributed by atoms with Crippen molar-refractivity contribution in [1.82, 2.24) is 20.0 Å². The van der Waals surface area contributed by atoms with Gasteiger partial charge < -0.3 is 15.1 Å². The van der Waals surface area contributed by atoms with E-state index in [-0.39, 0.29) is 0 Å². The van der Waals surface area contributed by atoms with Gasteiger partial charge in [-0.3, -0.25) is 9.89 Å². The van der Waals surface area contributed by atoms with Gasteiger partial charge >= 0.3 is 0 Å². The van der Waals surface area contributed by atoms with Crippen molar-refractivity contribution in [1.29, 1.82) is 0 Å². The zero-order chi connectivity index (χ0) is 15.5. The van der Waals surface area contributed by atoms with E-state index in [9.17, 15) is 0 Å². The Morgan fingerprint density at radius 3 is 2.52 bits per heavy atom. The molecule has 1 rings (SSSR count). The number of unbranched alkanes of at least 4 members (excludes halogenated alkanes) is 1. The molecule has 0 spiro atoms. The van der Waals surface area contributed by atoms with Crippen molar-refractivity contribution in [2.24, 2.45) is 4.99 Å². The predicted octanol–water partition coefficient (Wildman–Crippen LogP) is 1.10. The van der Waals surface area contributed by atoms with Crippen LogP contribution in [0.3, 0.4) is 0 Å². The second-order valence-corrected chi connectivity index (χ2v) is 5.60. The van der Waals surface area contributed by atoms with Crippen LogP contribution in [-0.4, -0.2) is 87.1 Å². The summed E-state index contributed by atoms with van der Waals surface area (Å²) in [5, 5.41) is 3.46. The number of guanidine groups is 1. The lowest BCUT2D eigenvalue weighted by Gasteiger charge is -2.34. The van der Waals surface area contributed by atoms with Gasteiger partial charge in [-0.05, 0) is 19.4 Å². The summed E-state index contributed by atoms with van der Waals surface area (Å²) in [4.78, 5) is 11.6. The predicted molar refractivity (Wildman–Crippen MR) is 92.0 cm³/mol. The summed E-state index contributed by atoms with van der Waals surface area (Å²) < 4.78 is 0. The molecular weight excluding hydrogens is 262 g/mol. The number of likely N-dealkylation sites (N-methyl/N-ethyl adjacent to an activating group) is 1. The maximum absolute atomic E-state index is 4.35. The highest BCUT2D eigenvalue weighted by molar-refractivity contribution is 5.79. The number of nitrogens with zero attached hydrogens (tertiary/aromatic N) is 4. The molecule has 5 nitrogen and oxygen atoms in total. The zero-order valence-corrected chi connectivity index (χ0v) is 14.1. The van der Waals surface area contributed by atoms with Crippen molar-refractivity contribution in [3.05, 3.63) is 12.7 Å². The highest BCUT2D eigenvalue weighted by Gasteiger charge is 2.15. The zero-order valence-electron chi connectivity index (χ0n) is 14.1. The molecule has 0 amide bonds. The van der Waals surface area contributed by atoms with Gasteiger partial charge in [0.2, 0.25) is 0 Å². The minimum atomic E-state index is 0.963. The molecule has 0 aromatic heterocycles. The maximum atomic E-state index is 4.35. The van der Waals surface area contributed by atoms with Crippen LogP contribution in [0.25, 0.3) is 0 Å². The fraction of sp³-hybridized carbons (Fsp3) is 0.812. The first-order valence-electron chi connectivity index (χ1n) is 8.18. The SMILES string of the molecule is C=CCCCN(C)C(=NC)NCCN1CCN(CC)CC1. The van der Waals surface area contributed by atoms with E-state index in [2.05, 4.69) is 45.6 Å². The molecule has 1 aliphatic rings. The van der Waals surface area contributed by atoms with Gasteiger partial charge in [0.15, 0.2) is 5.96 Å². The normalized spacial score (nSPS) is 17.8. The second kappa shape index (κ2) is 10.6. The Bertz CT molecular complexity index is 308. The molecule has 1 heterocycles. The highest BCUT2D eigenvalue weighted by Crippen LogP contribution is 2.00. The molecule has 0 aromatic rings. The molecule has 1 fully saturated rings. The number of nitrogens with one attached hydrogen (secondary N) is 1. The van der Waals surface area contributed by atoms with Crippen molar-refractivity contribution in [3.8, 4) is 0 Å². The van der Waals surface area contributed by atoms with E-state index in [1.807, 2.05) is 13.1 Å². The summed E-state index contributed by atoms with van der Waals surface area (Å²) >= 11 is 0. The Kier molecular flexibility index (Phi) is 9.10. The van der Waals surface area contributed by atoms with Gasteiger partial charge in [-0.15, -0.1) is 6.58 Å². The average molecular weight is 295 g/mol. The fourth-order valence-corrected chi connectivity index (χ4v) is 2.62. The van der Waals surface area contributed by atoms with Crippen molar-refractivity contribution in [2.75, 3.05) is 66.5 Å². The van der Waals surface area contributed by atoms with Crippen LogP contribution in [0.1, 0.15) is 19.8 Å². The Balaban J connectivity index is 2.19. The summed E-state index contributed by atoms with van der Waals surface area (Å²) in [5.74, 6) is 0.992. The van der Waals surface area contributed by atoms with Gasteiger partial charge in [0.05, 0.1) is 0 Å². The summed E-state index contributed by atoms with van der Waals surface area (Å²) in [5.41, 5.74) is 0. The van der Waals surface area contributed by atoms with Crippen LogP contribution in [0.15, 0.2) is 17.6 Å². The monoisotopic (exact) mass is 295 g/mol. The summed E-state index contributed by atoms with van der Waals surface area (Å²) in [7, 11) is 3.95. The maximum Gasteiger partial charge on any atom is 0.193 e. The lowest BCUT2D eigenvalue weighted by Crippen LogP contribution is -2.49. The van der Waals surface area contributed by atoms with Crippen LogP contribution < -0.4 is 5.32 Å². The van der Waals surface area contributed by atoms with Crippen molar-refractivity contribution < 1.29 is 0 Å². The average Bonchev–Trinajstić information content (AvgIpc) is 2.52. The smallest absolute Gasteiger partial charge is 0.193 e. The summed E-state index contributed by atoms with van der Waals surface area (Å²) in [6.07, 6.45) is 4.16. The molecule has 0 saturated carbocycles. The first-order chi connectivity index (χ1) is 10.2. The minimum absolute atomic E-state index is 0.963. The van der Waals surface area contributed by atoms with Gasteiger partial charge in [-0.25, -0.2) is 0 Å². The quantitative estimate of drug-likeness (QED) is 0.315. The van der Waals surface area contributed by atoms with E-state index in [0.29, 0.717) is 0 Å². The van der Waals surface area contributed by atoms with Gasteiger partial charge in [-0.1, -0.05) is 13.0 Å². The number of aliphatic imine (C=N–C) groups is 1. The second-order valence-electron chi connectivity index (χ2n) is 5.60. The van der Waals surface area contributed by atoms with Crippen molar-refractivity contribution in [2.45, 2.75) is 19.8 Å². The molecule has 0 atom stereocenters. The third-order valence-corrected chi connectivity index (χ3v) is 4.10. The van der Waals surface area contributed by atoms with Crippen LogP contribution in [-0.2, 0) is 0 Å². The molecule has 0 radical (unpaired) electrons. The Hall–Kier alpha value is -1.07. The molecule has 0 aromatic carbocycles. The largest absolute Gasteiger partial charge is 0.355 e. The van der Waals surface area contributed by atoms with E-state index in [1.165, 1.54) is 32.7 Å². The number of piperazine rings is 1. The molecule has 1 N–H and O–H groups in total. The fourth-order valence-electron chi connectivity index (χ4n) is 2.62. The van der Waals surface area contributed by atoms with Crippen LogP contribution in [0.4, 0.5) is 0 Å². The number of allylic oxidation sites excluding steroid dienone is 1. The molecule has 122 valence electrons. The van der Waals surface area contributed by atoms with Gasteiger partial charge in [0.1, 0.15) is 0 Å². The molecule has 5 heteroatoms. The Morgan fingerprint density at radius 1 is 1.29 bits per heavy atom. The lowest BCUT2D eigenvalue weighted by atomic mass is 10.3. The molecule has 0 bridgehead atoms. The first-order valence-corrected chi connectivity index (χ1v) is 8.18. The van der Waals surface area contributed by atoms with E-state index in [4.69, 9.17) is 0 Å². The van der Waals surface area contributed by atoms with Crippen molar-refractivity contribution >= 4 is 5.96 Å². The minimum Gasteiger partial charge on any atom is -0.355 e. The highest BCUT2D eigenvalue weighted by atomic mass is 15.3. The Labute approximate surface area is 130 Å². The topological polar surface area (TPSA) is 34.1 Å². The first kappa shape index (κ1) is 18.0. The molecular formula is C16H33N5. The molecule has 0 unspecified atom stereocenters. The third kappa shape index (κ3) is 6.96. The summed E-state index contributed by atoms with van der Waals surface area (Å²) in [6.45, 7) is 15.0. The van der Waals surface area contributed by atoms with Crippen LogP contribution in [0.2, 0.25) is 0 Å². The van der Waals surface area contributed by atoms with Crippen LogP contribution >= 0.6 is 0 Å². The molecule has 1 aliphatic heterocycles. The lowest BCUT2D eigenvalue weighted by molar-refractivity contribution is 0.139. The Morgan fingerprint density at radius 2 is 1.95 bits per heavy atom.